The first-order valence-electron chi connectivity index (χ1n) is 5.30. The van der Waals surface area contributed by atoms with Gasteiger partial charge in [0.15, 0.2) is 0 Å². The lowest BCUT2D eigenvalue weighted by Gasteiger charge is -2.27. The standard InChI is InChI=1S/C11H14BF3O3/c1-10(2,11(13,14)15)7-8-3-5-9(6-4-8)18-12(16)17/h3-6,16-17H,7H2,1-2H3. The number of benzene rings is 1. The third kappa shape index (κ3) is 3.92. The van der Waals surface area contributed by atoms with Crippen molar-refractivity contribution in [2.45, 2.75) is 26.4 Å². The average Bonchev–Trinajstić information content (AvgIpc) is 2.18. The first-order valence-corrected chi connectivity index (χ1v) is 5.30. The van der Waals surface area contributed by atoms with Crippen LogP contribution in [0.15, 0.2) is 24.3 Å². The third-order valence-electron chi connectivity index (χ3n) is 2.58. The second-order valence-electron chi connectivity index (χ2n) is 4.65. The fraction of sp³-hybridized carbons (Fsp3) is 0.455. The number of hydrogen-bond acceptors (Lipinski definition) is 3. The molecule has 1 aromatic carbocycles. The number of alkyl halides is 3. The van der Waals surface area contributed by atoms with Crippen LogP contribution in [0.3, 0.4) is 0 Å². The summed E-state index contributed by atoms with van der Waals surface area (Å²) in [4.78, 5) is 0. The van der Waals surface area contributed by atoms with Crippen LogP contribution in [-0.2, 0) is 6.42 Å². The summed E-state index contributed by atoms with van der Waals surface area (Å²) < 4.78 is 42.6. The van der Waals surface area contributed by atoms with Crippen LogP contribution in [-0.4, -0.2) is 23.5 Å². The zero-order valence-electron chi connectivity index (χ0n) is 10.0. The molecule has 0 saturated heterocycles. The van der Waals surface area contributed by atoms with Crippen LogP contribution in [0.4, 0.5) is 13.2 Å². The van der Waals surface area contributed by atoms with Gasteiger partial charge >= 0.3 is 13.5 Å². The summed E-state index contributed by atoms with van der Waals surface area (Å²) in [5.41, 5.74) is -1.32. The van der Waals surface area contributed by atoms with Crippen LogP contribution < -0.4 is 4.65 Å². The normalized spacial score (nSPS) is 12.4. The van der Waals surface area contributed by atoms with Crippen molar-refractivity contribution in [3.05, 3.63) is 29.8 Å². The highest BCUT2D eigenvalue weighted by atomic mass is 19.4. The van der Waals surface area contributed by atoms with Crippen molar-refractivity contribution in [2.24, 2.45) is 5.41 Å². The minimum atomic E-state index is -4.27. The van der Waals surface area contributed by atoms with Gasteiger partial charge in [0.25, 0.3) is 0 Å². The summed E-state index contributed by atoms with van der Waals surface area (Å²) in [6.45, 7) is 2.27. The largest absolute Gasteiger partial charge is 0.707 e. The maximum atomic E-state index is 12.7. The molecule has 0 aliphatic heterocycles. The van der Waals surface area contributed by atoms with Gasteiger partial charge in [0.1, 0.15) is 5.75 Å². The van der Waals surface area contributed by atoms with Gasteiger partial charge in [0.05, 0.1) is 5.41 Å². The van der Waals surface area contributed by atoms with Gasteiger partial charge in [-0.1, -0.05) is 26.0 Å². The van der Waals surface area contributed by atoms with Gasteiger partial charge in [0.2, 0.25) is 0 Å². The van der Waals surface area contributed by atoms with Crippen LogP contribution >= 0.6 is 0 Å². The Morgan fingerprint density at radius 1 is 1.11 bits per heavy atom. The second kappa shape index (κ2) is 5.20. The Hall–Kier alpha value is -1.21. The maximum Gasteiger partial charge on any atom is 0.707 e. The molecule has 0 bridgehead atoms. The van der Waals surface area contributed by atoms with Gasteiger partial charge < -0.3 is 14.7 Å². The van der Waals surface area contributed by atoms with E-state index in [0.717, 1.165) is 13.8 Å². The Balaban J connectivity index is 2.75. The summed E-state index contributed by atoms with van der Waals surface area (Å²) >= 11 is 0. The Labute approximate surface area is 103 Å². The lowest BCUT2D eigenvalue weighted by Crippen LogP contribution is -2.34. The van der Waals surface area contributed by atoms with E-state index in [1.54, 1.807) is 0 Å². The molecule has 18 heavy (non-hydrogen) atoms. The van der Waals surface area contributed by atoms with E-state index in [1.807, 2.05) is 0 Å². The van der Waals surface area contributed by atoms with E-state index in [9.17, 15) is 13.2 Å². The van der Waals surface area contributed by atoms with E-state index < -0.39 is 18.9 Å². The van der Waals surface area contributed by atoms with Crippen molar-refractivity contribution in [3.8, 4) is 5.75 Å². The smallest absolute Gasteiger partial charge is 0.512 e. The van der Waals surface area contributed by atoms with Crippen molar-refractivity contribution in [1.29, 1.82) is 0 Å². The van der Waals surface area contributed by atoms with Crippen molar-refractivity contribution < 1.29 is 27.9 Å². The van der Waals surface area contributed by atoms with E-state index in [2.05, 4.69) is 4.65 Å². The molecule has 1 aromatic rings. The fourth-order valence-electron chi connectivity index (χ4n) is 1.42. The SMILES string of the molecule is CC(C)(Cc1ccc(OB(O)O)cc1)C(F)(F)F. The minimum Gasteiger partial charge on any atom is -0.512 e. The van der Waals surface area contributed by atoms with Crippen LogP contribution in [0, 0.1) is 5.41 Å². The first-order chi connectivity index (χ1) is 8.12. The van der Waals surface area contributed by atoms with Crippen molar-refractivity contribution in [3.63, 3.8) is 0 Å². The topological polar surface area (TPSA) is 49.7 Å². The third-order valence-corrected chi connectivity index (χ3v) is 2.58. The van der Waals surface area contributed by atoms with Crippen LogP contribution in [0.1, 0.15) is 19.4 Å². The molecule has 0 heterocycles. The number of rotatable bonds is 4. The Morgan fingerprint density at radius 2 is 1.61 bits per heavy atom. The van der Waals surface area contributed by atoms with Crippen molar-refractivity contribution in [2.75, 3.05) is 0 Å². The molecule has 2 N–H and O–H groups in total. The minimum absolute atomic E-state index is 0.154. The van der Waals surface area contributed by atoms with Crippen molar-refractivity contribution >= 4 is 7.32 Å². The molecule has 0 fully saturated rings. The molecular formula is C11H14BF3O3. The molecule has 0 aromatic heterocycles. The molecule has 0 aliphatic carbocycles. The zero-order chi connectivity index (χ0) is 14.0. The lowest BCUT2D eigenvalue weighted by atomic mass is 9.85. The Bertz CT molecular complexity index is 388. The molecule has 0 unspecified atom stereocenters. The van der Waals surface area contributed by atoms with Gasteiger partial charge in [-0.25, -0.2) is 0 Å². The summed E-state index contributed by atoms with van der Waals surface area (Å²) in [5.74, 6) is 0.179. The fourth-order valence-corrected chi connectivity index (χ4v) is 1.42. The molecule has 0 amide bonds. The first kappa shape index (κ1) is 14.9. The summed E-state index contributed by atoms with van der Waals surface area (Å²) in [5, 5.41) is 17.1. The molecule has 7 heteroatoms. The predicted molar refractivity (Wildman–Crippen MR) is 60.8 cm³/mol. The molecule has 0 aliphatic rings. The summed E-state index contributed by atoms with van der Waals surface area (Å²) in [7, 11) is -1.94. The van der Waals surface area contributed by atoms with Crippen LogP contribution in [0.5, 0.6) is 5.75 Å². The highest BCUT2D eigenvalue weighted by Crippen LogP contribution is 2.40. The average molecular weight is 262 g/mol. The monoisotopic (exact) mass is 262 g/mol. The molecule has 0 spiro atoms. The zero-order valence-corrected chi connectivity index (χ0v) is 10.0. The number of halogens is 3. The molecule has 100 valence electrons. The molecule has 0 atom stereocenters. The van der Waals surface area contributed by atoms with Crippen LogP contribution in [0.25, 0.3) is 0 Å². The van der Waals surface area contributed by atoms with E-state index >= 15 is 0 Å². The van der Waals surface area contributed by atoms with Gasteiger partial charge in [-0.3, -0.25) is 0 Å². The molecule has 1 rings (SSSR count). The van der Waals surface area contributed by atoms with Crippen molar-refractivity contribution in [1.82, 2.24) is 0 Å². The van der Waals surface area contributed by atoms with Gasteiger partial charge in [-0.2, -0.15) is 13.2 Å². The van der Waals surface area contributed by atoms with Crippen LogP contribution in [0.2, 0.25) is 0 Å². The highest BCUT2D eigenvalue weighted by Gasteiger charge is 2.46. The highest BCUT2D eigenvalue weighted by molar-refractivity contribution is 6.33. The Morgan fingerprint density at radius 3 is 2.00 bits per heavy atom. The van der Waals surface area contributed by atoms with Gasteiger partial charge in [0, 0.05) is 0 Å². The molecule has 0 radical (unpaired) electrons. The predicted octanol–water partition coefficient (Wildman–Crippen LogP) is 2.17. The summed E-state index contributed by atoms with van der Waals surface area (Å²) in [6, 6.07) is 5.71. The van der Waals surface area contributed by atoms with E-state index in [1.165, 1.54) is 24.3 Å². The quantitative estimate of drug-likeness (QED) is 0.817. The van der Waals surface area contributed by atoms with E-state index in [4.69, 9.17) is 10.0 Å². The number of hydrogen-bond donors (Lipinski definition) is 2. The Kier molecular flexibility index (Phi) is 4.29. The van der Waals surface area contributed by atoms with E-state index in [-0.39, 0.29) is 12.2 Å². The summed E-state index contributed by atoms with van der Waals surface area (Å²) in [6.07, 6.45) is -4.43. The molecule has 0 saturated carbocycles. The van der Waals surface area contributed by atoms with Gasteiger partial charge in [-0.15, -0.1) is 0 Å². The maximum absolute atomic E-state index is 12.7. The molecular weight excluding hydrogens is 248 g/mol. The van der Waals surface area contributed by atoms with E-state index in [0.29, 0.717) is 5.56 Å². The lowest BCUT2D eigenvalue weighted by molar-refractivity contribution is -0.211. The molecule has 3 nitrogen and oxygen atoms in total. The van der Waals surface area contributed by atoms with Gasteiger partial charge in [-0.05, 0) is 24.1 Å². The second-order valence-corrected chi connectivity index (χ2v) is 4.65.